The van der Waals surface area contributed by atoms with Crippen molar-refractivity contribution in [2.45, 2.75) is 26.3 Å². The van der Waals surface area contributed by atoms with E-state index in [9.17, 15) is 4.79 Å². The highest BCUT2D eigenvalue weighted by atomic mass is 16.5. The van der Waals surface area contributed by atoms with Crippen molar-refractivity contribution in [1.29, 1.82) is 0 Å². The molecule has 122 valence electrons. The number of hydrogen-bond acceptors (Lipinski definition) is 4. The van der Waals surface area contributed by atoms with Gasteiger partial charge in [-0.1, -0.05) is 19.1 Å². The minimum atomic E-state index is -0.0836. The molecule has 1 aliphatic heterocycles. The zero-order valence-electron chi connectivity index (χ0n) is 13.5. The maximum atomic E-state index is 11.8. The van der Waals surface area contributed by atoms with Crippen molar-refractivity contribution < 1.29 is 14.3 Å². The second-order valence-electron chi connectivity index (χ2n) is 5.59. The van der Waals surface area contributed by atoms with Gasteiger partial charge < -0.3 is 14.8 Å². The Kier molecular flexibility index (Phi) is 6.68. The molecule has 1 fully saturated rings. The van der Waals surface area contributed by atoms with Crippen molar-refractivity contribution in [3.63, 3.8) is 0 Å². The minimum absolute atomic E-state index is 0.0568. The van der Waals surface area contributed by atoms with E-state index in [2.05, 4.69) is 24.1 Å². The Morgan fingerprint density at radius 2 is 2.00 bits per heavy atom. The zero-order chi connectivity index (χ0) is 15.8. The summed E-state index contributed by atoms with van der Waals surface area (Å²) >= 11 is 0. The quantitative estimate of drug-likeness (QED) is 0.829. The van der Waals surface area contributed by atoms with Crippen LogP contribution in [0.3, 0.4) is 0 Å². The maximum Gasteiger partial charge on any atom is 0.257 e. The Labute approximate surface area is 132 Å². The Bertz CT molecular complexity index is 455. The number of hydrogen-bond donors (Lipinski definition) is 1. The van der Waals surface area contributed by atoms with Gasteiger partial charge in [-0.25, -0.2) is 0 Å². The molecule has 0 aromatic heterocycles. The molecule has 0 bridgehead atoms. The number of amides is 1. The van der Waals surface area contributed by atoms with Crippen molar-refractivity contribution in [1.82, 2.24) is 10.2 Å². The lowest BCUT2D eigenvalue weighted by Gasteiger charge is -2.32. The molecule has 0 radical (unpaired) electrons. The SMILES string of the molecule is CCc1ccc(OCC(=O)NC[C@@H](C)N2CCOCC2)cc1. The molecule has 2 rings (SSSR count). The number of aryl methyl sites for hydroxylation is 1. The van der Waals surface area contributed by atoms with Gasteiger partial charge in [-0.2, -0.15) is 0 Å². The van der Waals surface area contributed by atoms with Gasteiger partial charge in [0.25, 0.3) is 5.91 Å². The number of benzene rings is 1. The van der Waals surface area contributed by atoms with Crippen LogP contribution in [0.15, 0.2) is 24.3 Å². The highest BCUT2D eigenvalue weighted by molar-refractivity contribution is 5.77. The molecule has 0 saturated carbocycles. The van der Waals surface area contributed by atoms with Gasteiger partial charge in [-0.15, -0.1) is 0 Å². The lowest BCUT2D eigenvalue weighted by molar-refractivity contribution is -0.123. The number of ether oxygens (including phenoxy) is 2. The Morgan fingerprint density at radius 1 is 1.32 bits per heavy atom. The fraction of sp³-hybridized carbons (Fsp3) is 0.588. The van der Waals surface area contributed by atoms with Crippen LogP contribution in [0.5, 0.6) is 5.75 Å². The third kappa shape index (κ3) is 5.31. The second kappa shape index (κ2) is 8.76. The smallest absolute Gasteiger partial charge is 0.257 e. The summed E-state index contributed by atoms with van der Waals surface area (Å²) in [6.07, 6.45) is 1.00. The summed E-state index contributed by atoms with van der Waals surface area (Å²) in [5, 5.41) is 2.93. The van der Waals surface area contributed by atoms with E-state index < -0.39 is 0 Å². The van der Waals surface area contributed by atoms with E-state index in [1.165, 1.54) is 5.56 Å². The molecule has 1 aliphatic rings. The predicted molar refractivity (Wildman–Crippen MR) is 86.2 cm³/mol. The average Bonchev–Trinajstić information content (AvgIpc) is 2.59. The predicted octanol–water partition coefficient (Wildman–Crippen LogP) is 1.46. The molecule has 5 heteroatoms. The standard InChI is InChI=1S/C17H26N2O3/c1-3-15-4-6-16(7-5-15)22-13-17(20)18-12-14(2)19-8-10-21-11-9-19/h4-7,14H,3,8-13H2,1-2H3,(H,18,20)/t14-/m1/s1. The lowest BCUT2D eigenvalue weighted by atomic mass is 10.2. The van der Waals surface area contributed by atoms with Crippen LogP contribution in [0.4, 0.5) is 0 Å². The number of carbonyl (C=O) groups excluding carboxylic acids is 1. The van der Waals surface area contributed by atoms with Gasteiger partial charge in [0, 0.05) is 25.7 Å². The summed E-state index contributed by atoms with van der Waals surface area (Å²) in [5.74, 6) is 0.647. The molecule has 0 unspecified atom stereocenters. The van der Waals surface area contributed by atoms with Gasteiger partial charge in [-0.3, -0.25) is 9.69 Å². The van der Waals surface area contributed by atoms with Crippen LogP contribution in [0.25, 0.3) is 0 Å². The second-order valence-corrected chi connectivity index (χ2v) is 5.59. The summed E-state index contributed by atoms with van der Waals surface area (Å²) in [5.41, 5.74) is 1.26. The van der Waals surface area contributed by atoms with Crippen LogP contribution in [-0.2, 0) is 16.0 Å². The van der Waals surface area contributed by atoms with E-state index in [0.717, 1.165) is 38.5 Å². The molecule has 1 heterocycles. The van der Waals surface area contributed by atoms with Gasteiger partial charge in [0.1, 0.15) is 5.75 Å². The molecule has 5 nitrogen and oxygen atoms in total. The van der Waals surface area contributed by atoms with Crippen LogP contribution in [0.2, 0.25) is 0 Å². The van der Waals surface area contributed by atoms with Crippen LogP contribution >= 0.6 is 0 Å². The highest BCUT2D eigenvalue weighted by Gasteiger charge is 2.17. The summed E-state index contributed by atoms with van der Waals surface area (Å²) in [6, 6.07) is 8.17. The zero-order valence-corrected chi connectivity index (χ0v) is 13.5. The van der Waals surface area contributed by atoms with Crippen LogP contribution in [-0.4, -0.2) is 56.3 Å². The fourth-order valence-corrected chi connectivity index (χ4v) is 2.43. The molecule has 0 spiro atoms. The first kappa shape index (κ1) is 16.8. The third-order valence-corrected chi connectivity index (χ3v) is 3.97. The van der Waals surface area contributed by atoms with E-state index in [1.807, 2.05) is 24.3 Å². The Balaban J connectivity index is 1.66. The van der Waals surface area contributed by atoms with Gasteiger partial charge in [0.05, 0.1) is 13.2 Å². The summed E-state index contributed by atoms with van der Waals surface area (Å²) < 4.78 is 10.8. The van der Waals surface area contributed by atoms with E-state index >= 15 is 0 Å². The maximum absolute atomic E-state index is 11.8. The molecular weight excluding hydrogens is 280 g/mol. The molecule has 1 aromatic rings. The number of nitrogens with zero attached hydrogens (tertiary/aromatic N) is 1. The number of rotatable bonds is 7. The van der Waals surface area contributed by atoms with E-state index in [1.54, 1.807) is 0 Å². The molecule has 0 aliphatic carbocycles. The summed E-state index contributed by atoms with van der Waals surface area (Å²) in [6.45, 7) is 8.33. The molecule has 1 N–H and O–H groups in total. The Hall–Kier alpha value is -1.59. The minimum Gasteiger partial charge on any atom is -0.484 e. The van der Waals surface area contributed by atoms with E-state index in [0.29, 0.717) is 12.6 Å². The normalized spacial score (nSPS) is 17.0. The van der Waals surface area contributed by atoms with Crippen molar-refractivity contribution in [2.75, 3.05) is 39.5 Å². The van der Waals surface area contributed by atoms with Crippen molar-refractivity contribution in [3.8, 4) is 5.75 Å². The number of nitrogens with one attached hydrogen (secondary N) is 1. The first-order chi connectivity index (χ1) is 10.7. The largest absolute Gasteiger partial charge is 0.484 e. The summed E-state index contributed by atoms with van der Waals surface area (Å²) in [4.78, 5) is 14.2. The first-order valence-electron chi connectivity index (χ1n) is 7.99. The van der Waals surface area contributed by atoms with Crippen LogP contribution in [0, 0.1) is 0 Å². The van der Waals surface area contributed by atoms with Gasteiger partial charge >= 0.3 is 0 Å². The fourth-order valence-electron chi connectivity index (χ4n) is 2.43. The number of morpholine rings is 1. The molecular formula is C17H26N2O3. The lowest BCUT2D eigenvalue weighted by Crippen LogP contribution is -2.47. The first-order valence-corrected chi connectivity index (χ1v) is 7.99. The van der Waals surface area contributed by atoms with Crippen molar-refractivity contribution in [3.05, 3.63) is 29.8 Å². The molecule has 22 heavy (non-hydrogen) atoms. The molecule has 1 saturated heterocycles. The third-order valence-electron chi connectivity index (χ3n) is 3.97. The van der Waals surface area contributed by atoms with Gasteiger partial charge in [0.2, 0.25) is 0 Å². The monoisotopic (exact) mass is 306 g/mol. The van der Waals surface area contributed by atoms with Gasteiger partial charge in [0.15, 0.2) is 6.61 Å². The van der Waals surface area contributed by atoms with Crippen molar-refractivity contribution in [2.24, 2.45) is 0 Å². The Morgan fingerprint density at radius 3 is 2.64 bits per heavy atom. The highest BCUT2D eigenvalue weighted by Crippen LogP contribution is 2.12. The van der Waals surface area contributed by atoms with Crippen LogP contribution in [0.1, 0.15) is 19.4 Å². The molecule has 1 atom stereocenters. The average molecular weight is 306 g/mol. The van der Waals surface area contributed by atoms with E-state index in [-0.39, 0.29) is 12.5 Å². The number of carbonyl (C=O) groups is 1. The summed E-state index contributed by atoms with van der Waals surface area (Å²) in [7, 11) is 0. The van der Waals surface area contributed by atoms with Gasteiger partial charge in [-0.05, 0) is 31.0 Å². The molecule has 1 amide bonds. The molecule has 1 aromatic carbocycles. The van der Waals surface area contributed by atoms with Crippen molar-refractivity contribution >= 4 is 5.91 Å². The van der Waals surface area contributed by atoms with Crippen LogP contribution < -0.4 is 10.1 Å². The van der Waals surface area contributed by atoms with E-state index in [4.69, 9.17) is 9.47 Å². The topological polar surface area (TPSA) is 50.8 Å².